The number of hydrogen-bond acceptors (Lipinski definition) is 5. The molecule has 0 saturated heterocycles. The second-order valence-electron chi connectivity index (χ2n) is 7.32. The number of carbonyl (C=O) groups is 2. The van der Waals surface area contributed by atoms with E-state index in [9.17, 15) is 9.59 Å². The second-order valence-corrected chi connectivity index (χ2v) is 7.32. The van der Waals surface area contributed by atoms with Crippen LogP contribution in [0.3, 0.4) is 0 Å². The Morgan fingerprint density at radius 2 is 1.66 bits per heavy atom. The fourth-order valence-corrected chi connectivity index (χ4v) is 3.68. The zero-order valence-corrected chi connectivity index (χ0v) is 18.2. The summed E-state index contributed by atoms with van der Waals surface area (Å²) in [5.41, 5.74) is 3.32. The molecule has 162 valence electrons. The minimum absolute atomic E-state index is 0.220. The smallest absolute Gasteiger partial charge is 0.282 e. The molecule has 3 aromatic carbocycles. The van der Waals surface area contributed by atoms with Crippen LogP contribution >= 0.6 is 0 Å². The Morgan fingerprint density at radius 3 is 2.34 bits per heavy atom. The van der Waals surface area contributed by atoms with Crippen LogP contribution in [0.25, 0.3) is 5.57 Å². The molecule has 0 bridgehead atoms. The third-order valence-electron chi connectivity index (χ3n) is 5.16. The molecule has 1 heterocycles. The van der Waals surface area contributed by atoms with E-state index >= 15 is 0 Å². The third-order valence-corrected chi connectivity index (χ3v) is 5.16. The van der Waals surface area contributed by atoms with Gasteiger partial charge in [0.2, 0.25) is 0 Å². The summed E-state index contributed by atoms with van der Waals surface area (Å²) in [7, 11) is 1.58. The van der Waals surface area contributed by atoms with Crippen LogP contribution < -0.4 is 19.7 Å². The van der Waals surface area contributed by atoms with Gasteiger partial charge >= 0.3 is 0 Å². The predicted molar refractivity (Wildman–Crippen MR) is 125 cm³/mol. The molecule has 0 aliphatic carbocycles. The van der Waals surface area contributed by atoms with Gasteiger partial charge in [0.25, 0.3) is 11.8 Å². The maximum Gasteiger partial charge on any atom is 0.282 e. The van der Waals surface area contributed by atoms with Crippen LogP contribution in [0.1, 0.15) is 18.1 Å². The second kappa shape index (κ2) is 8.98. The summed E-state index contributed by atoms with van der Waals surface area (Å²) in [5, 5.41) is 3.19. The lowest BCUT2D eigenvalue weighted by atomic mass is 10.0. The van der Waals surface area contributed by atoms with Gasteiger partial charge in [-0.25, -0.2) is 4.90 Å². The standard InChI is InChI=1S/C26H24N2O4/c1-4-32-22-11-6-5-10-21(22)28-25(29)23(18-12-14-20(31-3)15-13-18)24(26(28)30)27-19-9-7-8-17(2)16-19/h5-16,27H,4H2,1-3H3. The number of methoxy groups -OCH3 is 1. The molecule has 0 aromatic heterocycles. The molecule has 0 radical (unpaired) electrons. The van der Waals surface area contributed by atoms with Gasteiger partial charge in [0, 0.05) is 5.69 Å². The van der Waals surface area contributed by atoms with Crippen molar-refractivity contribution in [1.82, 2.24) is 0 Å². The number of ether oxygens (including phenoxy) is 2. The zero-order valence-electron chi connectivity index (χ0n) is 18.2. The number of imide groups is 1. The molecule has 1 aliphatic rings. The van der Waals surface area contributed by atoms with Crippen LogP contribution in [-0.2, 0) is 9.59 Å². The third kappa shape index (κ3) is 3.95. The Bertz CT molecular complexity index is 1200. The molecule has 6 nitrogen and oxygen atoms in total. The van der Waals surface area contributed by atoms with Crippen LogP contribution in [0.5, 0.6) is 11.5 Å². The number of benzene rings is 3. The molecule has 32 heavy (non-hydrogen) atoms. The van der Waals surface area contributed by atoms with Gasteiger partial charge in [0.15, 0.2) is 0 Å². The van der Waals surface area contributed by atoms with Crippen LogP contribution in [0, 0.1) is 6.92 Å². The lowest BCUT2D eigenvalue weighted by molar-refractivity contribution is -0.120. The first-order valence-electron chi connectivity index (χ1n) is 10.4. The quantitative estimate of drug-likeness (QED) is 0.548. The van der Waals surface area contributed by atoms with Crippen molar-refractivity contribution >= 4 is 28.8 Å². The molecule has 4 rings (SSSR count). The number of para-hydroxylation sites is 2. The van der Waals surface area contributed by atoms with Crippen molar-refractivity contribution in [1.29, 1.82) is 0 Å². The first-order valence-corrected chi connectivity index (χ1v) is 10.4. The monoisotopic (exact) mass is 428 g/mol. The lowest BCUT2D eigenvalue weighted by Gasteiger charge is -2.19. The van der Waals surface area contributed by atoms with E-state index in [1.807, 2.05) is 44.2 Å². The molecule has 0 fully saturated rings. The Kier molecular flexibility index (Phi) is 5.94. The van der Waals surface area contributed by atoms with E-state index in [2.05, 4.69) is 5.32 Å². The number of anilines is 2. The maximum absolute atomic E-state index is 13.6. The van der Waals surface area contributed by atoms with Gasteiger partial charge in [-0.3, -0.25) is 9.59 Å². The van der Waals surface area contributed by atoms with E-state index in [0.29, 0.717) is 34.9 Å². The highest BCUT2D eigenvalue weighted by molar-refractivity contribution is 6.46. The number of hydrogen-bond donors (Lipinski definition) is 1. The van der Waals surface area contributed by atoms with Crippen LogP contribution in [0.15, 0.2) is 78.5 Å². The van der Waals surface area contributed by atoms with Crippen molar-refractivity contribution in [2.24, 2.45) is 0 Å². The molecule has 6 heteroatoms. The SMILES string of the molecule is CCOc1ccccc1N1C(=O)C(Nc2cccc(C)c2)=C(c2ccc(OC)cc2)C1=O. The average Bonchev–Trinajstić information content (AvgIpc) is 3.04. The normalized spacial score (nSPS) is 13.5. The molecule has 0 saturated carbocycles. The van der Waals surface area contributed by atoms with Gasteiger partial charge in [0.1, 0.15) is 17.2 Å². The number of aryl methyl sites for hydroxylation is 1. The first-order chi connectivity index (χ1) is 15.5. The van der Waals surface area contributed by atoms with E-state index in [-0.39, 0.29) is 5.70 Å². The van der Waals surface area contributed by atoms with Gasteiger partial charge in [-0.05, 0) is 61.4 Å². The number of amides is 2. The number of nitrogens with zero attached hydrogens (tertiary/aromatic N) is 1. The van der Waals surface area contributed by atoms with Crippen LogP contribution in [0.2, 0.25) is 0 Å². The molecule has 1 N–H and O–H groups in total. The molecular weight excluding hydrogens is 404 g/mol. The van der Waals surface area contributed by atoms with E-state index < -0.39 is 11.8 Å². The van der Waals surface area contributed by atoms with E-state index in [1.54, 1.807) is 49.6 Å². The zero-order chi connectivity index (χ0) is 22.7. The molecule has 3 aromatic rings. The van der Waals surface area contributed by atoms with Crippen molar-refractivity contribution in [3.63, 3.8) is 0 Å². The molecule has 2 amide bonds. The molecular formula is C26H24N2O4. The topological polar surface area (TPSA) is 67.9 Å². The highest BCUT2D eigenvalue weighted by Gasteiger charge is 2.41. The molecule has 0 unspecified atom stereocenters. The van der Waals surface area contributed by atoms with Crippen molar-refractivity contribution in [2.75, 3.05) is 23.9 Å². The Labute approximate surface area is 187 Å². The summed E-state index contributed by atoms with van der Waals surface area (Å²) < 4.78 is 10.9. The van der Waals surface area contributed by atoms with Crippen LogP contribution in [0.4, 0.5) is 11.4 Å². The Hall–Kier alpha value is -4.06. The van der Waals surface area contributed by atoms with Crippen LogP contribution in [-0.4, -0.2) is 25.5 Å². The summed E-state index contributed by atoms with van der Waals surface area (Å²) in [5.74, 6) is 0.289. The summed E-state index contributed by atoms with van der Waals surface area (Å²) in [6, 6.07) is 21.8. The summed E-state index contributed by atoms with van der Waals surface area (Å²) >= 11 is 0. The summed E-state index contributed by atoms with van der Waals surface area (Å²) in [6.07, 6.45) is 0. The fourth-order valence-electron chi connectivity index (χ4n) is 3.68. The molecule has 0 spiro atoms. The predicted octanol–water partition coefficient (Wildman–Crippen LogP) is 4.80. The Balaban J connectivity index is 1.83. The highest BCUT2D eigenvalue weighted by atomic mass is 16.5. The molecule has 0 atom stereocenters. The minimum Gasteiger partial charge on any atom is -0.497 e. The van der Waals surface area contributed by atoms with E-state index in [0.717, 1.165) is 11.3 Å². The molecule has 1 aliphatic heterocycles. The highest BCUT2D eigenvalue weighted by Crippen LogP contribution is 2.38. The van der Waals surface area contributed by atoms with Crippen molar-refractivity contribution in [2.45, 2.75) is 13.8 Å². The van der Waals surface area contributed by atoms with Gasteiger partial charge in [-0.1, -0.05) is 36.4 Å². The number of carbonyl (C=O) groups excluding carboxylic acids is 2. The first kappa shape index (κ1) is 21.2. The van der Waals surface area contributed by atoms with E-state index in [4.69, 9.17) is 9.47 Å². The number of rotatable bonds is 7. The van der Waals surface area contributed by atoms with Gasteiger partial charge in [-0.15, -0.1) is 0 Å². The largest absolute Gasteiger partial charge is 0.497 e. The average molecular weight is 428 g/mol. The van der Waals surface area contributed by atoms with Crippen molar-refractivity contribution in [3.8, 4) is 11.5 Å². The maximum atomic E-state index is 13.6. The number of nitrogens with one attached hydrogen (secondary N) is 1. The van der Waals surface area contributed by atoms with E-state index in [1.165, 1.54) is 4.90 Å². The van der Waals surface area contributed by atoms with Gasteiger partial charge in [0.05, 0.1) is 25.0 Å². The minimum atomic E-state index is -0.436. The summed E-state index contributed by atoms with van der Waals surface area (Å²) in [6.45, 7) is 4.24. The fraction of sp³-hybridized carbons (Fsp3) is 0.154. The summed E-state index contributed by atoms with van der Waals surface area (Å²) in [4.78, 5) is 28.4. The Morgan fingerprint density at radius 1 is 0.906 bits per heavy atom. The van der Waals surface area contributed by atoms with Gasteiger partial charge in [-0.2, -0.15) is 0 Å². The van der Waals surface area contributed by atoms with Crippen molar-refractivity contribution in [3.05, 3.63) is 89.6 Å². The lowest BCUT2D eigenvalue weighted by Crippen LogP contribution is -2.32. The van der Waals surface area contributed by atoms with Gasteiger partial charge < -0.3 is 14.8 Å². The van der Waals surface area contributed by atoms with Crippen molar-refractivity contribution < 1.29 is 19.1 Å².